The summed E-state index contributed by atoms with van der Waals surface area (Å²) in [6.45, 7) is 8.22. The largest absolute Gasteiger partial charge is 0.317 e. The van der Waals surface area contributed by atoms with E-state index in [1.165, 1.54) is 38.5 Å². The van der Waals surface area contributed by atoms with Crippen LogP contribution in [-0.2, 0) is 4.79 Å². The molecule has 0 amide bonds. The molecule has 0 aromatic rings. The van der Waals surface area contributed by atoms with Crippen LogP contribution < -0.4 is 5.32 Å². The summed E-state index contributed by atoms with van der Waals surface area (Å²) in [5.74, 6) is 1.70. The average Bonchev–Trinajstić information content (AvgIpc) is 2.64. The van der Waals surface area contributed by atoms with E-state index in [2.05, 4.69) is 28.2 Å². The highest BCUT2D eigenvalue weighted by Crippen LogP contribution is 2.30. The highest BCUT2D eigenvalue weighted by atomic mass is 79.9. The minimum Gasteiger partial charge on any atom is -0.317 e. The fourth-order valence-electron chi connectivity index (χ4n) is 3.48. The van der Waals surface area contributed by atoms with Crippen LogP contribution in [0, 0.1) is 11.8 Å². The lowest BCUT2D eigenvalue weighted by Gasteiger charge is -2.29. The molecule has 2 aliphatic carbocycles. The Morgan fingerprint density at radius 3 is 2.00 bits per heavy atom. The first-order valence-corrected chi connectivity index (χ1v) is 11.3. The first-order valence-electron chi connectivity index (χ1n) is 9.96. The van der Waals surface area contributed by atoms with Crippen LogP contribution in [0.1, 0.15) is 85.5 Å². The number of halogens is 2. The van der Waals surface area contributed by atoms with Crippen molar-refractivity contribution in [2.75, 3.05) is 7.05 Å². The van der Waals surface area contributed by atoms with Crippen LogP contribution in [-0.4, -0.2) is 29.1 Å². The minimum atomic E-state index is 0.383. The highest BCUT2D eigenvalue weighted by molar-refractivity contribution is 9.09. The van der Waals surface area contributed by atoms with Crippen molar-refractivity contribution in [1.29, 1.82) is 0 Å². The number of carbonyl (C=O) groups excluding carboxylic acids is 1. The fourth-order valence-corrected chi connectivity index (χ4v) is 4.26. The molecule has 0 aromatic carbocycles. The van der Waals surface area contributed by atoms with E-state index in [1.807, 2.05) is 27.8 Å². The highest BCUT2D eigenvalue weighted by Gasteiger charge is 2.23. The zero-order valence-electron chi connectivity index (χ0n) is 16.4. The van der Waals surface area contributed by atoms with Gasteiger partial charge in [0.05, 0.1) is 0 Å². The van der Waals surface area contributed by atoms with Crippen LogP contribution >= 0.6 is 27.5 Å². The van der Waals surface area contributed by atoms with Gasteiger partial charge in [-0.2, -0.15) is 0 Å². The molecule has 0 spiro atoms. The molecule has 0 aromatic heterocycles. The van der Waals surface area contributed by atoms with Crippen LogP contribution in [0.15, 0.2) is 0 Å². The third-order valence-electron chi connectivity index (χ3n) is 5.32. The molecule has 2 aliphatic rings. The summed E-state index contributed by atoms with van der Waals surface area (Å²) < 4.78 is 0. The van der Waals surface area contributed by atoms with Crippen LogP contribution in [0.3, 0.4) is 0 Å². The maximum absolute atomic E-state index is 11.3. The normalized spacial score (nSPS) is 31.0. The fraction of sp³-hybridized carbons (Fsp3) is 0.950. The van der Waals surface area contributed by atoms with Gasteiger partial charge in [0.1, 0.15) is 5.78 Å². The molecule has 2 fully saturated rings. The van der Waals surface area contributed by atoms with Crippen molar-refractivity contribution in [2.24, 2.45) is 11.8 Å². The summed E-state index contributed by atoms with van der Waals surface area (Å²) in [5, 5.41) is 3.76. The quantitative estimate of drug-likeness (QED) is 0.534. The van der Waals surface area contributed by atoms with Crippen LogP contribution in [0.2, 0.25) is 0 Å². The van der Waals surface area contributed by atoms with Gasteiger partial charge in [-0.05, 0) is 71.3 Å². The number of hydrogen-bond donors (Lipinski definition) is 1. The van der Waals surface area contributed by atoms with Crippen molar-refractivity contribution in [3.63, 3.8) is 0 Å². The van der Waals surface area contributed by atoms with Gasteiger partial charge < -0.3 is 5.32 Å². The van der Waals surface area contributed by atoms with E-state index in [9.17, 15) is 4.79 Å². The summed E-state index contributed by atoms with van der Waals surface area (Å²) in [4.78, 5) is 11.9. The van der Waals surface area contributed by atoms with Crippen LogP contribution in [0.4, 0.5) is 0 Å². The lowest BCUT2D eigenvalue weighted by Crippen LogP contribution is -2.33. The van der Waals surface area contributed by atoms with E-state index < -0.39 is 0 Å². The molecular weight excluding hydrogens is 386 g/mol. The molecule has 0 heterocycles. The van der Waals surface area contributed by atoms with Gasteiger partial charge in [0.25, 0.3) is 0 Å². The van der Waals surface area contributed by atoms with Crippen molar-refractivity contribution in [2.45, 2.75) is 102 Å². The summed E-state index contributed by atoms with van der Waals surface area (Å²) in [6.07, 6.45) is 10.3. The summed E-state index contributed by atoms with van der Waals surface area (Å²) in [5.41, 5.74) is 0. The molecule has 0 radical (unpaired) electrons. The third kappa shape index (κ3) is 9.77. The Kier molecular flexibility index (Phi) is 14.8. The zero-order chi connectivity index (χ0) is 18.5. The zero-order valence-corrected chi connectivity index (χ0v) is 18.8. The number of hydrogen-bond acceptors (Lipinski definition) is 2. The van der Waals surface area contributed by atoms with Crippen molar-refractivity contribution >= 4 is 33.3 Å². The first-order chi connectivity index (χ1) is 11.5. The van der Waals surface area contributed by atoms with E-state index in [0.717, 1.165) is 25.2 Å². The van der Waals surface area contributed by atoms with Gasteiger partial charge in [0.2, 0.25) is 0 Å². The molecule has 0 saturated heterocycles. The molecule has 1 N–H and O–H groups in total. The molecule has 1 unspecified atom stereocenters. The second-order valence-corrected chi connectivity index (χ2v) is 8.77. The van der Waals surface area contributed by atoms with E-state index in [4.69, 9.17) is 11.6 Å². The van der Waals surface area contributed by atoms with Crippen molar-refractivity contribution in [1.82, 2.24) is 5.32 Å². The van der Waals surface area contributed by atoms with Crippen molar-refractivity contribution in [3.8, 4) is 0 Å². The molecule has 0 aliphatic heterocycles. The molecule has 4 heteroatoms. The molecular formula is C20H39BrClNO. The van der Waals surface area contributed by atoms with E-state index in [0.29, 0.717) is 27.9 Å². The minimum absolute atomic E-state index is 0.383. The van der Waals surface area contributed by atoms with E-state index in [1.54, 1.807) is 0 Å². The summed E-state index contributed by atoms with van der Waals surface area (Å²) >= 11 is 9.58. The first kappa shape index (κ1) is 24.4. The Morgan fingerprint density at radius 1 is 1.08 bits per heavy atom. The van der Waals surface area contributed by atoms with Crippen LogP contribution in [0.5, 0.6) is 0 Å². The molecule has 24 heavy (non-hydrogen) atoms. The van der Waals surface area contributed by atoms with Gasteiger partial charge in [-0.25, -0.2) is 0 Å². The number of rotatable bonds is 4. The average molecular weight is 425 g/mol. The predicted molar refractivity (Wildman–Crippen MR) is 111 cm³/mol. The van der Waals surface area contributed by atoms with Gasteiger partial charge in [-0.3, -0.25) is 4.79 Å². The second kappa shape index (κ2) is 14.6. The summed E-state index contributed by atoms with van der Waals surface area (Å²) in [6, 6.07) is 0.666. The van der Waals surface area contributed by atoms with Crippen molar-refractivity contribution < 1.29 is 4.79 Å². The smallest absolute Gasteiger partial charge is 0.135 e. The number of Topliss-reactive ketones (excluding diaryl/α,β-unsaturated/α-hetero) is 1. The lowest BCUT2D eigenvalue weighted by atomic mass is 9.84. The Bertz CT molecular complexity index is 311. The van der Waals surface area contributed by atoms with Gasteiger partial charge >= 0.3 is 0 Å². The SMILES string of the molecule is CC.CCC(=O)C1CCC(Br)CC1.CNC(C)C1CCC(Cl)CC1. The Hall–Kier alpha value is 0.400. The monoisotopic (exact) mass is 423 g/mol. The Morgan fingerprint density at radius 2 is 1.58 bits per heavy atom. The Balaban J connectivity index is 0.000000400. The van der Waals surface area contributed by atoms with Gasteiger partial charge in [-0.15, -0.1) is 11.6 Å². The van der Waals surface area contributed by atoms with Gasteiger partial charge in [-0.1, -0.05) is 36.7 Å². The molecule has 0 bridgehead atoms. The maximum atomic E-state index is 11.3. The molecule has 144 valence electrons. The van der Waals surface area contributed by atoms with Gasteiger partial charge in [0, 0.05) is 28.6 Å². The number of nitrogens with one attached hydrogen (secondary N) is 1. The van der Waals surface area contributed by atoms with Crippen molar-refractivity contribution in [3.05, 3.63) is 0 Å². The van der Waals surface area contributed by atoms with Gasteiger partial charge in [0.15, 0.2) is 0 Å². The molecule has 1 atom stereocenters. The lowest BCUT2D eigenvalue weighted by molar-refractivity contribution is -0.123. The molecule has 2 rings (SSSR count). The van der Waals surface area contributed by atoms with Crippen LogP contribution in [0.25, 0.3) is 0 Å². The maximum Gasteiger partial charge on any atom is 0.135 e. The topological polar surface area (TPSA) is 29.1 Å². The molecule has 2 saturated carbocycles. The second-order valence-electron chi connectivity index (χ2n) is 6.86. The van der Waals surface area contributed by atoms with E-state index in [-0.39, 0.29) is 0 Å². The Labute approximate surface area is 164 Å². The molecule has 2 nitrogen and oxygen atoms in total. The summed E-state index contributed by atoms with van der Waals surface area (Å²) in [7, 11) is 2.04. The predicted octanol–water partition coefficient (Wildman–Crippen LogP) is 6.34. The standard InChI is InChI=1S/C9H15BrO.C9H18ClN.C2H6/c1-2-9(11)7-3-5-8(10)6-4-7;1-7(11-2)8-3-5-9(10)6-4-8;1-2/h7-8H,2-6H2,1H3;7-9,11H,3-6H2,1-2H3;1-2H3. The number of alkyl halides is 2. The van der Waals surface area contributed by atoms with E-state index >= 15 is 0 Å². The third-order valence-corrected chi connectivity index (χ3v) is 6.68. The number of ketones is 1. The number of carbonyl (C=O) groups is 1.